The lowest BCUT2D eigenvalue weighted by atomic mass is 10.1. The summed E-state index contributed by atoms with van der Waals surface area (Å²) < 4.78 is 15.4. The molecule has 0 aromatic heterocycles. The lowest BCUT2D eigenvalue weighted by Gasteiger charge is -2.28. The van der Waals surface area contributed by atoms with Crippen molar-refractivity contribution in [2.45, 2.75) is 20.0 Å². The predicted octanol–water partition coefficient (Wildman–Crippen LogP) is 2.79. The second-order valence-corrected chi connectivity index (χ2v) is 7.43. The van der Waals surface area contributed by atoms with Crippen LogP contribution in [-0.2, 0) is 19.0 Å². The van der Waals surface area contributed by atoms with Crippen molar-refractivity contribution in [3.05, 3.63) is 63.7 Å². The maximum atomic E-state index is 12.5. The Bertz CT molecular complexity index is 1060. The van der Waals surface area contributed by atoms with Crippen LogP contribution in [0.15, 0.2) is 42.5 Å². The minimum absolute atomic E-state index is 0.0614. The van der Waals surface area contributed by atoms with Crippen molar-refractivity contribution in [1.82, 2.24) is 0 Å². The summed E-state index contributed by atoms with van der Waals surface area (Å²) in [6.07, 6.45) is -1.20. The molecule has 2 aromatic carbocycles. The van der Waals surface area contributed by atoms with E-state index in [1.807, 2.05) is 12.1 Å². The molecule has 0 spiro atoms. The molecular weight excluding hydrogens is 446 g/mol. The summed E-state index contributed by atoms with van der Waals surface area (Å²) in [5.41, 5.74) is 0.635. The zero-order valence-corrected chi connectivity index (χ0v) is 18.8. The Morgan fingerprint density at radius 2 is 1.71 bits per heavy atom. The fraction of sp³-hybridized carbons (Fsp3) is 0.348. The Labute approximate surface area is 195 Å². The first kappa shape index (κ1) is 24.6. The highest BCUT2D eigenvalue weighted by Crippen LogP contribution is 2.21. The first-order valence-electron chi connectivity index (χ1n) is 10.7. The number of rotatable bonds is 8. The molecule has 1 amide bonds. The van der Waals surface area contributed by atoms with Gasteiger partial charge in [-0.1, -0.05) is 0 Å². The summed E-state index contributed by atoms with van der Waals surface area (Å²) in [4.78, 5) is 49.7. The number of carbonyl (C=O) groups is 3. The highest BCUT2D eigenvalue weighted by molar-refractivity contribution is 5.99. The van der Waals surface area contributed by atoms with Crippen LogP contribution in [0.4, 0.5) is 17.1 Å². The second kappa shape index (κ2) is 11.2. The first-order chi connectivity index (χ1) is 16.3. The predicted molar refractivity (Wildman–Crippen MR) is 122 cm³/mol. The van der Waals surface area contributed by atoms with E-state index in [-0.39, 0.29) is 17.7 Å². The number of esters is 2. The monoisotopic (exact) mass is 471 g/mol. The number of nitro groups is 1. The van der Waals surface area contributed by atoms with Gasteiger partial charge in [0, 0.05) is 36.6 Å². The number of hydrogen-bond donors (Lipinski definition) is 1. The van der Waals surface area contributed by atoms with Gasteiger partial charge in [-0.15, -0.1) is 0 Å². The number of benzene rings is 2. The molecule has 3 rings (SSSR count). The molecule has 34 heavy (non-hydrogen) atoms. The molecule has 1 atom stereocenters. The third kappa shape index (κ3) is 6.29. The van der Waals surface area contributed by atoms with Crippen LogP contribution in [0.5, 0.6) is 0 Å². The van der Waals surface area contributed by atoms with Crippen LogP contribution in [0.25, 0.3) is 0 Å². The van der Waals surface area contributed by atoms with Gasteiger partial charge in [0.15, 0.2) is 6.10 Å². The number of non-ortho nitro benzene ring substituents is 1. The third-order valence-electron chi connectivity index (χ3n) is 5.04. The Morgan fingerprint density at radius 3 is 2.29 bits per heavy atom. The van der Waals surface area contributed by atoms with E-state index >= 15 is 0 Å². The molecule has 0 saturated carbocycles. The number of amides is 1. The summed E-state index contributed by atoms with van der Waals surface area (Å²) in [7, 11) is 0. The highest BCUT2D eigenvalue weighted by Gasteiger charge is 2.23. The average molecular weight is 471 g/mol. The van der Waals surface area contributed by atoms with Crippen LogP contribution in [0.1, 0.15) is 34.6 Å². The number of nitro benzene ring substituents is 1. The van der Waals surface area contributed by atoms with Gasteiger partial charge in [0.1, 0.15) is 0 Å². The lowest BCUT2D eigenvalue weighted by molar-refractivity contribution is -0.384. The molecule has 1 N–H and O–H groups in total. The Kier molecular flexibility index (Phi) is 8.14. The average Bonchev–Trinajstić information content (AvgIpc) is 2.84. The number of ether oxygens (including phenoxy) is 3. The van der Waals surface area contributed by atoms with Gasteiger partial charge >= 0.3 is 11.9 Å². The maximum absolute atomic E-state index is 12.5. The fourth-order valence-corrected chi connectivity index (χ4v) is 3.27. The Morgan fingerprint density at radius 1 is 1.09 bits per heavy atom. The van der Waals surface area contributed by atoms with Crippen LogP contribution >= 0.6 is 0 Å². The van der Waals surface area contributed by atoms with Gasteiger partial charge in [-0.25, -0.2) is 9.59 Å². The molecule has 11 heteroatoms. The summed E-state index contributed by atoms with van der Waals surface area (Å²) in [5, 5.41) is 13.9. The van der Waals surface area contributed by atoms with Crippen molar-refractivity contribution in [3.8, 4) is 0 Å². The number of morpholine rings is 1. The van der Waals surface area contributed by atoms with Crippen molar-refractivity contribution < 1.29 is 33.5 Å². The van der Waals surface area contributed by atoms with Crippen LogP contribution in [-0.4, -0.2) is 61.8 Å². The molecular formula is C23H25N3O8. The molecule has 0 bridgehead atoms. The standard InChI is InChI=1S/C23H25N3O8/c1-3-33-22(28)16-12-17(14-20(13-16)26(30)31)23(29)34-15(2)21(27)24-18-4-6-19(7-5-18)25-8-10-32-11-9-25/h4-7,12-15H,3,8-11H2,1-2H3,(H,24,27). The number of nitrogens with one attached hydrogen (secondary N) is 1. The van der Waals surface area contributed by atoms with E-state index < -0.39 is 34.6 Å². The van der Waals surface area contributed by atoms with Crippen LogP contribution < -0.4 is 10.2 Å². The minimum atomic E-state index is -1.20. The van der Waals surface area contributed by atoms with E-state index in [0.717, 1.165) is 37.0 Å². The molecule has 1 saturated heterocycles. The van der Waals surface area contributed by atoms with Crippen LogP contribution in [0.2, 0.25) is 0 Å². The largest absolute Gasteiger partial charge is 0.462 e. The van der Waals surface area contributed by atoms with Crippen molar-refractivity contribution in [3.63, 3.8) is 0 Å². The topological polar surface area (TPSA) is 137 Å². The van der Waals surface area contributed by atoms with E-state index in [1.165, 1.54) is 6.92 Å². The zero-order chi connectivity index (χ0) is 24.7. The summed E-state index contributed by atoms with van der Waals surface area (Å²) in [5.74, 6) is -2.38. The molecule has 1 heterocycles. The van der Waals surface area contributed by atoms with E-state index in [9.17, 15) is 24.5 Å². The molecule has 11 nitrogen and oxygen atoms in total. The smallest absolute Gasteiger partial charge is 0.339 e. The van der Waals surface area contributed by atoms with Gasteiger partial charge in [-0.05, 0) is 44.2 Å². The third-order valence-corrected chi connectivity index (χ3v) is 5.04. The molecule has 0 radical (unpaired) electrons. The fourth-order valence-electron chi connectivity index (χ4n) is 3.27. The van der Waals surface area contributed by atoms with Crippen LogP contribution in [0.3, 0.4) is 0 Å². The van der Waals surface area contributed by atoms with Crippen molar-refractivity contribution in [2.24, 2.45) is 0 Å². The van der Waals surface area contributed by atoms with Crippen LogP contribution in [0, 0.1) is 10.1 Å². The van der Waals surface area contributed by atoms with Crippen molar-refractivity contribution in [1.29, 1.82) is 0 Å². The molecule has 1 fully saturated rings. The summed E-state index contributed by atoms with van der Waals surface area (Å²) in [6, 6.07) is 10.3. The number of carbonyl (C=O) groups excluding carboxylic acids is 3. The lowest BCUT2D eigenvalue weighted by Crippen LogP contribution is -2.36. The SMILES string of the molecule is CCOC(=O)c1cc(C(=O)OC(C)C(=O)Nc2ccc(N3CCOCC3)cc2)cc([N+](=O)[O-])c1. The maximum Gasteiger partial charge on any atom is 0.339 e. The van der Waals surface area contributed by atoms with Crippen molar-refractivity contribution >= 4 is 34.9 Å². The zero-order valence-electron chi connectivity index (χ0n) is 18.8. The number of hydrogen-bond acceptors (Lipinski definition) is 9. The van der Waals surface area contributed by atoms with E-state index in [0.29, 0.717) is 18.9 Å². The van der Waals surface area contributed by atoms with Gasteiger partial charge in [0.05, 0.1) is 35.9 Å². The van der Waals surface area contributed by atoms with Gasteiger partial charge in [-0.3, -0.25) is 14.9 Å². The van der Waals surface area contributed by atoms with Gasteiger partial charge < -0.3 is 24.4 Å². The quantitative estimate of drug-likeness (QED) is 0.350. The van der Waals surface area contributed by atoms with Gasteiger partial charge in [0.25, 0.3) is 11.6 Å². The Hall–Kier alpha value is -3.99. The molecule has 1 unspecified atom stereocenters. The van der Waals surface area contributed by atoms with Gasteiger partial charge in [0.2, 0.25) is 0 Å². The second-order valence-electron chi connectivity index (χ2n) is 7.43. The molecule has 1 aliphatic rings. The molecule has 180 valence electrons. The number of nitrogens with zero attached hydrogens (tertiary/aromatic N) is 2. The van der Waals surface area contributed by atoms with Gasteiger partial charge in [-0.2, -0.15) is 0 Å². The summed E-state index contributed by atoms with van der Waals surface area (Å²) >= 11 is 0. The molecule has 0 aliphatic carbocycles. The number of anilines is 2. The molecule has 1 aliphatic heterocycles. The highest BCUT2D eigenvalue weighted by atomic mass is 16.6. The minimum Gasteiger partial charge on any atom is -0.462 e. The summed E-state index contributed by atoms with van der Waals surface area (Å²) in [6.45, 7) is 5.91. The van der Waals surface area contributed by atoms with E-state index in [1.54, 1.807) is 19.1 Å². The van der Waals surface area contributed by atoms with E-state index in [4.69, 9.17) is 14.2 Å². The normalized spacial score (nSPS) is 14.1. The van der Waals surface area contributed by atoms with Crippen molar-refractivity contribution in [2.75, 3.05) is 43.1 Å². The Balaban J connectivity index is 1.64. The van der Waals surface area contributed by atoms with E-state index in [2.05, 4.69) is 10.2 Å². The molecule has 2 aromatic rings. The first-order valence-corrected chi connectivity index (χ1v) is 10.7.